The molecule has 0 spiro atoms. The minimum atomic E-state index is 0.268. The van der Waals surface area contributed by atoms with Gasteiger partial charge in [-0.3, -0.25) is 9.69 Å². The molecule has 3 rings (SSSR count). The van der Waals surface area contributed by atoms with Gasteiger partial charge in [0.25, 0.3) is 0 Å². The number of nitrogens with zero attached hydrogens (tertiary/aromatic N) is 1. The highest BCUT2D eigenvalue weighted by Crippen LogP contribution is 2.27. The van der Waals surface area contributed by atoms with Crippen LogP contribution in [0.2, 0.25) is 0 Å². The van der Waals surface area contributed by atoms with Crippen LogP contribution >= 0.6 is 0 Å². The first kappa shape index (κ1) is 12.2. The Bertz CT molecular complexity index is 339. The molecule has 100 valence electrons. The van der Waals surface area contributed by atoms with Crippen molar-refractivity contribution in [3.05, 3.63) is 12.2 Å². The second kappa shape index (κ2) is 5.43. The van der Waals surface area contributed by atoms with Crippen LogP contribution in [0.15, 0.2) is 12.2 Å². The second-order valence-electron chi connectivity index (χ2n) is 6.03. The summed E-state index contributed by atoms with van der Waals surface area (Å²) in [4.78, 5) is 14.6. The Balaban J connectivity index is 1.49. The van der Waals surface area contributed by atoms with E-state index in [1.54, 1.807) is 0 Å². The van der Waals surface area contributed by atoms with Gasteiger partial charge in [0.15, 0.2) is 0 Å². The molecule has 2 heterocycles. The van der Waals surface area contributed by atoms with Gasteiger partial charge in [-0.15, -0.1) is 0 Å². The Morgan fingerprint density at radius 1 is 1.22 bits per heavy atom. The Morgan fingerprint density at radius 2 is 2.17 bits per heavy atom. The van der Waals surface area contributed by atoms with Gasteiger partial charge in [0.2, 0.25) is 5.91 Å². The number of piperidine rings is 1. The average Bonchev–Trinajstić information content (AvgIpc) is 3.00. The molecule has 1 N–H and O–H groups in total. The summed E-state index contributed by atoms with van der Waals surface area (Å²) in [5.74, 6) is 0.762. The van der Waals surface area contributed by atoms with E-state index in [0.29, 0.717) is 24.4 Å². The van der Waals surface area contributed by atoms with Gasteiger partial charge in [0.1, 0.15) is 0 Å². The van der Waals surface area contributed by atoms with Gasteiger partial charge in [0.05, 0.1) is 0 Å². The molecule has 0 aromatic rings. The summed E-state index contributed by atoms with van der Waals surface area (Å²) in [5.41, 5.74) is 0. The van der Waals surface area contributed by atoms with Crippen LogP contribution in [0.25, 0.3) is 0 Å². The molecule has 3 nitrogen and oxygen atoms in total. The largest absolute Gasteiger partial charge is 0.352 e. The predicted molar refractivity (Wildman–Crippen MR) is 72.2 cm³/mol. The number of amides is 1. The molecule has 0 saturated carbocycles. The van der Waals surface area contributed by atoms with Crippen molar-refractivity contribution in [1.82, 2.24) is 10.2 Å². The van der Waals surface area contributed by atoms with Gasteiger partial charge in [0, 0.05) is 25.0 Å². The van der Waals surface area contributed by atoms with Crippen LogP contribution in [0, 0.1) is 5.92 Å². The third kappa shape index (κ3) is 2.61. The summed E-state index contributed by atoms with van der Waals surface area (Å²) in [6.07, 6.45) is 12.5. The molecule has 0 aromatic carbocycles. The van der Waals surface area contributed by atoms with E-state index in [-0.39, 0.29) is 5.91 Å². The first-order valence-electron chi connectivity index (χ1n) is 7.53. The van der Waals surface area contributed by atoms with E-state index in [4.69, 9.17) is 0 Å². The number of carbonyl (C=O) groups is 1. The third-order valence-corrected chi connectivity index (χ3v) is 4.76. The summed E-state index contributed by atoms with van der Waals surface area (Å²) >= 11 is 0. The maximum absolute atomic E-state index is 12.1. The van der Waals surface area contributed by atoms with Gasteiger partial charge in [-0.1, -0.05) is 18.6 Å². The molecule has 2 aliphatic heterocycles. The van der Waals surface area contributed by atoms with Crippen molar-refractivity contribution in [2.24, 2.45) is 5.92 Å². The number of hydrogen-bond acceptors (Lipinski definition) is 2. The maximum atomic E-state index is 12.1. The molecule has 1 amide bonds. The number of rotatable bonds is 3. The Morgan fingerprint density at radius 3 is 3.00 bits per heavy atom. The fraction of sp³-hybridized carbons (Fsp3) is 0.800. The van der Waals surface area contributed by atoms with E-state index in [0.717, 1.165) is 19.3 Å². The highest BCUT2D eigenvalue weighted by molar-refractivity contribution is 5.77. The quantitative estimate of drug-likeness (QED) is 0.776. The first-order valence-corrected chi connectivity index (χ1v) is 7.53. The number of fused-ring (bicyclic) bond motifs is 1. The highest BCUT2D eigenvalue weighted by atomic mass is 16.1. The summed E-state index contributed by atoms with van der Waals surface area (Å²) in [7, 11) is 0. The second-order valence-corrected chi connectivity index (χ2v) is 6.03. The molecule has 0 aromatic heterocycles. The Labute approximate surface area is 110 Å². The molecule has 2 saturated heterocycles. The van der Waals surface area contributed by atoms with Gasteiger partial charge in [-0.25, -0.2) is 0 Å². The SMILES string of the molecule is O=C(C[C@@H]1C=CCC1)N[C@H]1CCN2CCCC[C@H]12. The van der Waals surface area contributed by atoms with Crippen molar-refractivity contribution in [1.29, 1.82) is 0 Å². The summed E-state index contributed by atoms with van der Waals surface area (Å²) < 4.78 is 0. The van der Waals surface area contributed by atoms with E-state index in [2.05, 4.69) is 22.4 Å². The van der Waals surface area contributed by atoms with E-state index in [9.17, 15) is 4.79 Å². The molecule has 3 atom stereocenters. The van der Waals surface area contributed by atoms with Crippen LogP contribution in [0.5, 0.6) is 0 Å². The Kier molecular flexibility index (Phi) is 3.69. The van der Waals surface area contributed by atoms with Crippen molar-refractivity contribution >= 4 is 5.91 Å². The van der Waals surface area contributed by atoms with Crippen LogP contribution in [0.1, 0.15) is 44.9 Å². The van der Waals surface area contributed by atoms with Gasteiger partial charge in [-0.05, 0) is 44.6 Å². The lowest BCUT2D eigenvalue weighted by atomic mass is 9.98. The zero-order valence-electron chi connectivity index (χ0n) is 11.1. The molecule has 3 aliphatic rings. The van der Waals surface area contributed by atoms with E-state index in [1.807, 2.05) is 0 Å². The topological polar surface area (TPSA) is 32.3 Å². The molecule has 1 aliphatic carbocycles. The molecular weight excluding hydrogens is 224 g/mol. The number of hydrogen-bond donors (Lipinski definition) is 1. The standard InChI is InChI=1S/C15H24N2O/c18-15(11-12-5-1-2-6-12)16-13-8-10-17-9-4-3-7-14(13)17/h1,5,12-14H,2-4,6-11H2,(H,16,18)/t12-,13+,14-/m1/s1. The zero-order chi connectivity index (χ0) is 12.4. The molecule has 0 bridgehead atoms. The minimum Gasteiger partial charge on any atom is -0.352 e. The smallest absolute Gasteiger partial charge is 0.220 e. The van der Waals surface area contributed by atoms with Crippen molar-refractivity contribution < 1.29 is 4.79 Å². The van der Waals surface area contributed by atoms with E-state index < -0.39 is 0 Å². The fourth-order valence-electron chi connectivity index (χ4n) is 3.78. The molecule has 2 fully saturated rings. The van der Waals surface area contributed by atoms with Crippen LogP contribution < -0.4 is 5.32 Å². The van der Waals surface area contributed by atoms with Crippen LogP contribution in [0.4, 0.5) is 0 Å². The monoisotopic (exact) mass is 248 g/mol. The van der Waals surface area contributed by atoms with E-state index >= 15 is 0 Å². The van der Waals surface area contributed by atoms with Gasteiger partial charge >= 0.3 is 0 Å². The molecular formula is C15H24N2O. The molecule has 18 heavy (non-hydrogen) atoms. The third-order valence-electron chi connectivity index (χ3n) is 4.76. The molecule has 0 radical (unpaired) electrons. The fourth-order valence-corrected chi connectivity index (χ4v) is 3.78. The number of allylic oxidation sites excluding steroid dienone is 2. The average molecular weight is 248 g/mol. The summed E-state index contributed by atoms with van der Waals surface area (Å²) in [6, 6.07) is 1.05. The van der Waals surface area contributed by atoms with Gasteiger partial charge < -0.3 is 5.32 Å². The number of nitrogens with one attached hydrogen (secondary N) is 1. The lowest BCUT2D eigenvalue weighted by Gasteiger charge is -2.32. The predicted octanol–water partition coefficient (Wildman–Crippen LogP) is 2.09. The highest BCUT2D eigenvalue weighted by Gasteiger charge is 2.36. The minimum absolute atomic E-state index is 0.268. The van der Waals surface area contributed by atoms with Crippen LogP contribution in [0.3, 0.4) is 0 Å². The van der Waals surface area contributed by atoms with Crippen molar-refractivity contribution in [2.75, 3.05) is 13.1 Å². The van der Waals surface area contributed by atoms with Gasteiger partial charge in [-0.2, -0.15) is 0 Å². The van der Waals surface area contributed by atoms with Crippen molar-refractivity contribution in [3.63, 3.8) is 0 Å². The Hall–Kier alpha value is -0.830. The first-order chi connectivity index (χ1) is 8.83. The molecule has 3 heteroatoms. The summed E-state index contributed by atoms with van der Waals surface area (Å²) in [5, 5.41) is 3.29. The van der Waals surface area contributed by atoms with Crippen molar-refractivity contribution in [3.8, 4) is 0 Å². The molecule has 0 unspecified atom stereocenters. The summed E-state index contributed by atoms with van der Waals surface area (Å²) in [6.45, 7) is 2.42. The van der Waals surface area contributed by atoms with Crippen molar-refractivity contribution in [2.45, 2.75) is 57.0 Å². The number of carbonyl (C=O) groups excluding carboxylic acids is 1. The lowest BCUT2D eigenvalue weighted by Crippen LogP contribution is -2.47. The van der Waals surface area contributed by atoms with Crippen LogP contribution in [-0.2, 0) is 4.79 Å². The lowest BCUT2D eigenvalue weighted by molar-refractivity contribution is -0.122. The maximum Gasteiger partial charge on any atom is 0.220 e. The van der Waals surface area contributed by atoms with E-state index in [1.165, 1.54) is 32.4 Å². The van der Waals surface area contributed by atoms with Crippen LogP contribution in [-0.4, -0.2) is 36.0 Å². The zero-order valence-corrected chi connectivity index (χ0v) is 11.1. The normalized spacial score (nSPS) is 35.7.